The maximum Gasteiger partial charge on any atom is 0.112 e. The average Bonchev–Trinajstić information content (AvgIpc) is 2.64. The minimum Gasteiger partial charge on any atom is -0.342 e. The van der Waals surface area contributed by atoms with E-state index in [1.165, 1.54) is 11.1 Å². The van der Waals surface area contributed by atoms with Gasteiger partial charge in [0.1, 0.15) is 5.82 Å². The third-order valence-corrected chi connectivity index (χ3v) is 3.09. The lowest BCUT2D eigenvalue weighted by atomic mass is 10.0. The van der Waals surface area contributed by atoms with Crippen molar-refractivity contribution in [2.75, 3.05) is 13.1 Å². The largest absolute Gasteiger partial charge is 0.342 e. The number of H-pyrrole nitrogens is 1. The molecule has 2 heterocycles. The first-order chi connectivity index (χ1) is 7.83. The molecule has 0 amide bonds. The van der Waals surface area contributed by atoms with Crippen LogP contribution in [0.5, 0.6) is 0 Å². The minimum absolute atomic E-state index is 0.568. The van der Waals surface area contributed by atoms with E-state index in [-0.39, 0.29) is 0 Å². The number of aryl methyl sites for hydroxylation is 1. The van der Waals surface area contributed by atoms with E-state index in [0.29, 0.717) is 5.92 Å². The van der Waals surface area contributed by atoms with Crippen LogP contribution in [-0.2, 0) is 0 Å². The van der Waals surface area contributed by atoms with Crippen LogP contribution in [0, 0.1) is 6.92 Å². The maximum atomic E-state index is 4.45. The van der Waals surface area contributed by atoms with Gasteiger partial charge in [-0.2, -0.15) is 0 Å². The number of benzene rings is 1. The van der Waals surface area contributed by atoms with Crippen LogP contribution in [0.1, 0.15) is 17.3 Å². The minimum atomic E-state index is 0.568. The third-order valence-electron chi connectivity index (χ3n) is 3.09. The van der Waals surface area contributed by atoms with Gasteiger partial charge in [-0.15, -0.1) is 0 Å². The molecule has 3 nitrogen and oxygen atoms in total. The molecule has 16 heavy (non-hydrogen) atoms. The van der Waals surface area contributed by atoms with Gasteiger partial charge in [-0.1, -0.05) is 23.8 Å². The quantitative estimate of drug-likeness (QED) is 0.801. The van der Waals surface area contributed by atoms with E-state index in [9.17, 15) is 0 Å². The monoisotopic (exact) mass is 213 g/mol. The molecule has 1 aromatic carbocycles. The molecule has 1 aliphatic rings. The number of aromatic amines is 1. The van der Waals surface area contributed by atoms with Crippen molar-refractivity contribution in [1.29, 1.82) is 0 Å². The number of nitrogens with zero attached hydrogens (tertiary/aromatic N) is 1. The lowest BCUT2D eigenvalue weighted by Crippen LogP contribution is -2.40. The van der Waals surface area contributed by atoms with Crippen molar-refractivity contribution in [3.8, 4) is 11.3 Å². The number of imidazole rings is 1. The van der Waals surface area contributed by atoms with Crippen LogP contribution < -0.4 is 5.32 Å². The lowest BCUT2D eigenvalue weighted by Gasteiger charge is -2.24. The first kappa shape index (κ1) is 9.60. The summed E-state index contributed by atoms with van der Waals surface area (Å²) in [6.07, 6.45) is 1.93. The summed E-state index contributed by atoms with van der Waals surface area (Å²) in [4.78, 5) is 7.86. The Morgan fingerprint density at radius 1 is 1.31 bits per heavy atom. The van der Waals surface area contributed by atoms with Crippen molar-refractivity contribution < 1.29 is 0 Å². The Morgan fingerprint density at radius 3 is 2.88 bits per heavy atom. The molecule has 0 atom stereocenters. The van der Waals surface area contributed by atoms with Crippen molar-refractivity contribution in [2.24, 2.45) is 0 Å². The second-order valence-corrected chi connectivity index (χ2v) is 4.41. The Morgan fingerprint density at radius 2 is 2.19 bits per heavy atom. The molecule has 0 aliphatic carbocycles. The standard InChI is InChI=1S/C13H15N3/c1-9-3-2-4-10(5-9)12-8-15-13(16-12)11-6-14-7-11/h2-5,8,11,14H,6-7H2,1H3,(H,15,16). The van der Waals surface area contributed by atoms with E-state index < -0.39 is 0 Å². The first-order valence-corrected chi connectivity index (χ1v) is 5.65. The zero-order valence-electron chi connectivity index (χ0n) is 9.33. The van der Waals surface area contributed by atoms with Gasteiger partial charge in [0.15, 0.2) is 0 Å². The van der Waals surface area contributed by atoms with Crippen LogP contribution in [0.2, 0.25) is 0 Å². The van der Waals surface area contributed by atoms with Gasteiger partial charge >= 0.3 is 0 Å². The summed E-state index contributed by atoms with van der Waals surface area (Å²) < 4.78 is 0. The summed E-state index contributed by atoms with van der Waals surface area (Å²) in [5.74, 6) is 1.67. The van der Waals surface area contributed by atoms with Gasteiger partial charge in [0.2, 0.25) is 0 Å². The molecule has 2 aromatic rings. The number of nitrogens with one attached hydrogen (secondary N) is 2. The molecule has 0 unspecified atom stereocenters. The number of aromatic nitrogens is 2. The first-order valence-electron chi connectivity index (χ1n) is 5.65. The SMILES string of the molecule is Cc1cccc(-c2cnc(C3CNC3)[nH]2)c1. The highest BCUT2D eigenvalue weighted by atomic mass is 15.0. The van der Waals surface area contributed by atoms with E-state index in [0.717, 1.165) is 24.6 Å². The normalized spacial score (nSPS) is 16.1. The van der Waals surface area contributed by atoms with Crippen LogP contribution >= 0.6 is 0 Å². The molecule has 82 valence electrons. The van der Waals surface area contributed by atoms with E-state index in [1.807, 2.05) is 6.20 Å². The number of hydrogen-bond acceptors (Lipinski definition) is 2. The van der Waals surface area contributed by atoms with Crippen LogP contribution in [0.4, 0.5) is 0 Å². The highest BCUT2D eigenvalue weighted by molar-refractivity contribution is 5.59. The van der Waals surface area contributed by atoms with Crippen LogP contribution in [-0.4, -0.2) is 23.1 Å². The molecule has 0 bridgehead atoms. The van der Waals surface area contributed by atoms with E-state index in [2.05, 4.69) is 46.5 Å². The van der Waals surface area contributed by atoms with Crippen LogP contribution in [0.25, 0.3) is 11.3 Å². The Hall–Kier alpha value is -1.61. The highest BCUT2D eigenvalue weighted by Crippen LogP contribution is 2.22. The highest BCUT2D eigenvalue weighted by Gasteiger charge is 2.21. The van der Waals surface area contributed by atoms with Gasteiger partial charge in [0.25, 0.3) is 0 Å². The number of hydrogen-bond donors (Lipinski definition) is 2. The van der Waals surface area contributed by atoms with Gasteiger partial charge in [-0.3, -0.25) is 0 Å². The smallest absolute Gasteiger partial charge is 0.112 e. The van der Waals surface area contributed by atoms with Gasteiger partial charge in [-0.05, 0) is 18.6 Å². The topological polar surface area (TPSA) is 40.7 Å². The Bertz CT molecular complexity index is 497. The summed E-state index contributed by atoms with van der Waals surface area (Å²) in [5.41, 5.74) is 3.61. The van der Waals surface area contributed by atoms with Crippen molar-refractivity contribution in [1.82, 2.24) is 15.3 Å². The van der Waals surface area contributed by atoms with Crippen molar-refractivity contribution in [2.45, 2.75) is 12.8 Å². The average molecular weight is 213 g/mol. The molecular formula is C13H15N3. The molecule has 0 spiro atoms. The fourth-order valence-corrected chi connectivity index (χ4v) is 1.99. The van der Waals surface area contributed by atoms with Gasteiger partial charge < -0.3 is 10.3 Å². The van der Waals surface area contributed by atoms with Gasteiger partial charge in [0.05, 0.1) is 11.9 Å². The van der Waals surface area contributed by atoms with E-state index >= 15 is 0 Å². The van der Waals surface area contributed by atoms with Gasteiger partial charge in [-0.25, -0.2) is 4.98 Å². The molecular weight excluding hydrogens is 198 g/mol. The molecule has 0 saturated carbocycles. The Kier molecular flexibility index (Phi) is 2.26. The summed E-state index contributed by atoms with van der Waals surface area (Å²) in [6, 6.07) is 8.48. The zero-order chi connectivity index (χ0) is 11.0. The summed E-state index contributed by atoms with van der Waals surface area (Å²) in [6.45, 7) is 4.19. The molecule has 3 heteroatoms. The van der Waals surface area contributed by atoms with Crippen molar-refractivity contribution in [3.05, 3.63) is 41.9 Å². The van der Waals surface area contributed by atoms with Gasteiger partial charge in [0, 0.05) is 19.0 Å². The maximum absolute atomic E-state index is 4.45. The predicted molar refractivity (Wildman–Crippen MR) is 64.4 cm³/mol. The predicted octanol–water partition coefficient (Wildman–Crippen LogP) is 2.07. The third kappa shape index (κ3) is 1.63. The zero-order valence-corrected chi connectivity index (χ0v) is 9.33. The fraction of sp³-hybridized carbons (Fsp3) is 0.308. The molecule has 2 N–H and O–H groups in total. The van der Waals surface area contributed by atoms with Crippen LogP contribution in [0.15, 0.2) is 30.5 Å². The molecule has 1 aliphatic heterocycles. The summed E-state index contributed by atoms with van der Waals surface area (Å²) in [5, 5.41) is 3.26. The molecule has 0 radical (unpaired) electrons. The fourth-order valence-electron chi connectivity index (χ4n) is 1.99. The van der Waals surface area contributed by atoms with Crippen LogP contribution in [0.3, 0.4) is 0 Å². The second-order valence-electron chi connectivity index (χ2n) is 4.41. The molecule has 3 rings (SSSR count). The lowest BCUT2D eigenvalue weighted by molar-refractivity contribution is 0.433. The number of rotatable bonds is 2. The van der Waals surface area contributed by atoms with E-state index in [1.54, 1.807) is 0 Å². The Labute approximate surface area is 94.9 Å². The second kappa shape index (κ2) is 3.76. The Balaban J connectivity index is 1.91. The summed E-state index contributed by atoms with van der Waals surface area (Å²) >= 11 is 0. The van der Waals surface area contributed by atoms with E-state index in [4.69, 9.17) is 0 Å². The van der Waals surface area contributed by atoms with Crippen molar-refractivity contribution >= 4 is 0 Å². The molecule has 1 aromatic heterocycles. The molecule has 1 fully saturated rings. The molecule has 1 saturated heterocycles. The summed E-state index contributed by atoms with van der Waals surface area (Å²) in [7, 11) is 0. The van der Waals surface area contributed by atoms with Crippen molar-refractivity contribution in [3.63, 3.8) is 0 Å².